The molecule has 20 heavy (non-hydrogen) atoms. The van der Waals surface area contributed by atoms with Crippen molar-refractivity contribution in [3.8, 4) is 5.75 Å². The lowest BCUT2D eigenvalue weighted by Gasteiger charge is -2.23. The van der Waals surface area contributed by atoms with Gasteiger partial charge >= 0.3 is 0 Å². The van der Waals surface area contributed by atoms with E-state index in [4.69, 9.17) is 4.74 Å². The maximum absolute atomic E-state index is 12.6. The van der Waals surface area contributed by atoms with Gasteiger partial charge in [-0.1, -0.05) is 30.7 Å². The molecule has 0 spiro atoms. The van der Waals surface area contributed by atoms with Crippen LogP contribution in [0.3, 0.4) is 0 Å². The first-order valence-corrected chi connectivity index (χ1v) is 8.81. The van der Waals surface area contributed by atoms with Crippen LogP contribution in [0.4, 0.5) is 0 Å². The SMILES string of the molecule is CCC1=CCCCC1S(=O)(=O)Cc1ccc(OC)cc1. The zero-order valence-electron chi connectivity index (χ0n) is 12.1. The van der Waals surface area contributed by atoms with Gasteiger partial charge in [0.05, 0.1) is 18.1 Å². The van der Waals surface area contributed by atoms with E-state index in [1.165, 1.54) is 0 Å². The van der Waals surface area contributed by atoms with Crippen LogP contribution in [0.5, 0.6) is 5.75 Å². The summed E-state index contributed by atoms with van der Waals surface area (Å²) in [5, 5.41) is -0.289. The third kappa shape index (κ3) is 3.42. The second-order valence-electron chi connectivity index (χ2n) is 5.21. The maximum Gasteiger partial charge on any atom is 0.161 e. The van der Waals surface area contributed by atoms with Gasteiger partial charge in [0.2, 0.25) is 0 Å². The first-order chi connectivity index (χ1) is 9.56. The van der Waals surface area contributed by atoms with Gasteiger partial charge < -0.3 is 4.74 Å². The van der Waals surface area contributed by atoms with Crippen LogP contribution in [0.25, 0.3) is 0 Å². The number of sulfone groups is 1. The number of ether oxygens (including phenoxy) is 1. The van der Waals surface area contributed by atoms with Gasteiger partial charge in [-0.25, -0.2) is 8.42 Å². The molecule has 2 rings (SSSR count). The molecule has 0 amide bonds. The Morgan fingerprint density at radius 2 is 1.95 bits per heavy atom. The van der Waals surface area contributed by atoms with Crippen LogP contribution >= 0.6 is 0 Å². The monoisotopic (exact) mass is 294 g/mol. The minimum Gasteiger partial charge on any atom is -0.497 e. The Bertz CT molecular complexity index is 570. The van der Waals surface area contributed by atoms with Crippen LogP contribution in [0, 0.1) is 0 Å². The molecule has 110 valence electrons. The quantitative estimate of drug-likeness (QED) is 0.781. The highest BCUT2D eigenvalue weighted by atomic mass is 32.2. The van der Waals surface area contributed by atoms with Crippen molar-refractivity contribution >= 4 is 9.84 Å². The number of hydrogen-bond donors (Lipinski definition) is 0. The molecule has 3 nitrogen and oxygen atoms in total. The summed E-state index contributed by atoms with van der Waals surface area (Å²) in [5.74, 6) is 0.858. The van der Waals surface area contributed by atoms with E-state index >= 15 is 0 Å². The molecular weight excluding hydrogens is 272 g/mol. The molecule has 1 aromatic carbocycles. The zero-order valence-corrected chi connectivity index (χ0v) is 12.9. The lowest BCUT2D eigenvalue weighted by atomic mass is 9.97. The highest BCUT2D eigenvalue weighted by molar-refractivity contribution is 7.91. The second-order valence-corrected chi connectivity index (χ2v) is 7.39. The molecule has 0 saturated carbocycles. The summed E-state index contributed by atoms with van der Waals surface area (Å²) in [7, 11) is -1.52. The predicted octanol–water partition coefficient (Wildman–Crippen LogP) is 3.50. The Morgan fingerprint density at radius 1 is 1.25 bits per heavy atom. The Balaban J connectivity index is 2.17. The first kappa shape index (κ1) is 15.1. The number of rotatable bonds is 5. The van der Waals surface area contributed by atoms with E-state index in [2.05, 4.69) is 6.08 Å². The van der Waals surface area contributed by atoms with Gasteiger partial charge in [0, 0.05) is 0 Å². The largest absolute Gasteiger partial charge is 0.497 e. The third-order valence-electron chi connectivity index (χ3n) is 3.86. The van der Waals surface area contributed by atoms with Crippen molar-refractivity contribution in [2.45, 2.75) is 43.6 Å². The summed E-state index contributed by atoms with van der Waals surface area (Å²) < 4.78 is 30.3. The molecule has 0 heterocycles. The summed E-state index contributed by atoms with van der Waals surface area (Å²) in [5.41, 5.74) is 1.91. The van der Waals surface area contributed by atoms with Gasteiger partial charge in [0.15, 0.2) is 9.84 Å². The van der Waals surface area contributed by atoms with Crippen LogP contribution < -0.4 is 4.74 Å². The van der Waals surface area contributed by atoms with E-state index in [0.717, 1.165) is 42.6 Å². The predicted molar refractivity (Wildman–Crippen MR) is 81.6 cm³/mol. The van der Waals surface area contributed by atoms with Gasteiger partial charge in [0.1, 0.15) is 5.75 Å². The summed E-state index contributed by atoms with van der Waals surface area (Å²) in [6, 6.07) is 7.27. The number of methoxy groups -OCH3 is 1. The number of hydrogen-bond acceptors (Lipinski definition) is 3. The normalized spacial score (nSPS) is 19.5. The minimum absolute atomic E-state index is 0.110. The molecule has 0 bridgehead atoms. The summed E-state index contributed by atoms with van der Waals surface area (Å²) in [4.78, 5) is 0. The molecule has 4 heteroatoms. The fourth-order valence-corrected chi connectivity index (χ4v) is 4.85. The van der Waals surface area contributed by atoms with Crippen molar-refractivity contribution < 1.29 is 13.2 Å². The van der Waals surface area contributed by atoms with E-state index < -0.39 is 9.84 Å². The Labute approximate surface area is 121 Å². The lowest BCUT2D eigenvalue weighted by Crippen LogP contribution is -2.27. The van der Waals surface area contributed by atoms with Crippen LogP contribution in [-0.4, -0.2) is 20.8 Å². The van der Waals surface area contributed by atoms with E-state index in [9.17, 15) is 8.42 Å². The fourth-order valence-electron chi connectivity index (χ4n) is 2.74. The molecule has 0 aliphatic heterocycles. The standard InChI is InChI=1S/C16H22O3S/c1-3-14-6-4-5-7-16(14)20(17,18)12-13-8-10-15(19-2)11-9-13/h6,8-11,16H,3-5,7,12H2,1-2H3. The zero-order chi connectivity index (χ0) is 14.6. The van der Waals surface area contributed by atoms with Gasteiger partial charge in [0.25, 0.3) is 0 Å². The van der Waals surface area contributed by atoms with Crippen molar-refractivity contribution in [3.63, 3.8) is 0 Å². The summed E-state index contributed by atoms with van der Waals surface area (Å²) >= 11 is 0. The van der Waals surface area contributed by atoms with Crippen LogP contribution in [0.15, 0.2) is 35.9 Å². The van der Waals surface area contributed by atoms with Crippen molar-refractivity contribution in [2.24, 2.45) is 0 Å². The fraction of sp³-hybridized carbons (Fsp3) is 0.500. The second kappa shape index (κ2) is 6.44. The summed E-state index contributed by atoms with van der Waals surface area (Å²) in [6.07, 6.45) is 5.68. The minimum atomic E-state index is -3.13. The third-order valence-corrected chi connectivity index (χ3v) is 6.00. The average Bonchev–Trinajstić information content (AvgIpc) is 2.47. The molecular formula is C16H22O3S. The molecule has 0 saturated heterocycles. The number of allylic oxidation sites excluding steroid dienone is 1. The van der Waals surface area contributed by atoms with Crippen LogP contribution in [-0.2, 0) is 15.6 Å². The maximum atomic E-state index is 12.6. The molecule has 0 aromatic heterocycles. The van der Waals surface area contributed by atoms with Crippen LogP contribution in [0.2, 0.25) is 0 Å². The molecule has 1 unspecified atom stereocenters. The summed E-state index contributed by atoms with van der Waals surface area (Å²) in [6.45, 7) is 2.03. The molecule has 0 radical (unpaired) electrons. The van der Waals surface area contributed by atoms with Crippen molar-refractivity contribution in [2.75, 3.05) is 7.11 Å². The number of benzene rings is 1. The van der Waals surface area contributed by atoms with E-state index in [1.54, 1.807) is 7.11 Å². The van der Waals surface area contributed by atoms with E-state index in [-0.39, 0.29) is 11.0 Å². The topological polar surface area (TPSA) is 43.4 Å². The van der Waals surface area contributed by atoms with Crippen molar-refractivity contribution in [1.82, 2.24) is 0 Å². The highest BCUT2D eigenvalue weighted by Crippen LogP contribution is 2.29. The molecule has 0 N–H and O–H groups in total. The van der Waals surface area contributed by atoms with Crippen molar-refractivity contribution in [1.29, 1.82) is 0 Å². The average molecular weight is 294 g/mol. The highest BCUT2D eigenvalue weighted by Gasteiger charge is 2.29. The molecule has 1 aliphatic rings. The molecule has 1 atom stereocenters. The van der Waals surface area contributed by atoms with E-state index in [0.29, 0.717) is 0 Å². The molecule has 1 aliphatic carbocycles. The Morgan fingerprint density at radius 3 is 2.55 bits per heavy atom. The molecule has 1 aromatic rings. The first-order valence-electron chi connectivity index (χ1n) is 7.10. The lowest BCUT2D eigenvalue weighted by molar-refractivity contribution is 0.414. The van der Waals surface area contributed by atoms with E-state index in [1.807, 2.05) is 31.2 Å². The van der Waals surface area contributed by atoms with Gasteiger partial charge in [-0.05, 0) is 43.4 Å². The van der Waals surface area contributed by atoms with Gasteiger partial charge in [-0.3, -0.25) is 0 Å². The Kier molecular flexibility index (Phi) is 4.86. The van der Waals surface area contributed by atoms with Crippen LogP contribution in [0.1, 0.15) is 38.2 Å². The van der Waals surface area contributed by atoms with Gasteiger partial charge in [-0.15, -0.1) is 0 Å². The Hall–Kier alpha value is -1.29. The molecule has 0 fully saturated rings. The van der Waals surface area contributed by atoms with Gasteiger partial charge in [-0.2, -0.15) is 0 Å². The van der Waals surface area contributed by atoms with Crippen molar-refractivity contribution in [3.05, 3.63) is 41.5 Å². The smallest absolute Gasteiger partial charge is 0.161 e.